The monoisotopic (exact) mass is 505 g/mol. The van der Waals surface area contributed by atoms with Gasteiger partial charge in [0.25, 0.3) is 0 Å². The Balaban J connectivity index is 1.56. The number of hydrogen-bond acceptors (Lipinski definition) is 5. The Kier molecular flexibility index (Phi) is 4.84. The molecule has 1 spiro atoms. The third kappa shape index (κ3) is 3.03. The van der Waals surface area contributed by atoms with Crippen LogP contribution < -0.4 is 4.90 Å². The smallest absolute Gasteiger partial charge is 0.349 e. The van der Waals surface area contributed by atoms with Crippen molar-refractivity contribution < 1.29 is 37.1 Å². The van der Waals surface area contributed by atoms with Crippen molar-refractivity contribution in [3.63, 3.8) is 0 Å². The highest BCUT2D eigenvalue weighted by atomic mass is 19.4. The summed E-state index contributed by atoms with van der Waals surface area (Å²) < 4.78 is 47.7. The van der Waals surface area contributed by atoms with Gasteiger partial charge < -0.3 is 4.74 Å². The zero-order valence-electron chi connectivity index (χ0n) is 19.3. The fourth-order valence-corrected chi connectivity index (χ4v) is 5.72. The summed E-state index contributed by atoms with van der Waals surface area (Å²) in [5.41, 5.74) is -2.75. The Morgan fingerprint density at radius 1 is 0.784 bits per heavy atom. The Bertz CT molecular complexity index is 1480. The van der Waals surface area contributed by atoms with E-state index < -0.39 is 64.3 Å². The largest absolute Gasteiger partial charge is 0.418 e. The maximum atomic E-state index is 13.9. The minimum Gasteiger partial charge on any atom is -0.349 e. The summed E-state index contributed by atoms with van der Waals surface area (Å²) in [6.45, 7) is 1.84. The minimum absolute atomic E-state index is 0.0465. The summed E-state index contributed by atoms with van der Waals surface area (Å²) in [5.74, 6) is -6.57. The molecule has 3 atom stereocenters. The number of halogens is 3. The zero-order chi connectivity index (χ0) is 26.3. The summed E-state index contributed by atoms with van der Waals surface area (Å²) in [7, 11) is 0. The van der Waals surface area contributed by atoms with Crippen LogP contribution in [-0.2, 0) is 20.5 Å². The highest BCUT2D eigenvalue weighted by Crippen LogP contribution is 2.58. The lowest BCUT2D eigenvalue weighted by Crippen LogP contribution is -2.51. The van der Waals surface area contributed by atoms with Crippen LogP contribution in [0.5, 0.6) is 0 Å². The summed E-state index contributed by atoms with van der Waals surface area (Å²) in [4.78, 5) is 55.6. The van der Waals surface area contributed by atoms with Gasteiger partial charge in [-0.2, -0.15) is 13.2 Å². The number of Topliss-reactive ketones (excluding diaryl/α,β-unsaturated/α-hetero) is 2. The number of alkyl halides is 3. The van der Waals surface area contributed by atoms with Crippen molar-refractivity contribution in [2.45, 2.75) is 24.8 Å². The van der Waals surface area contributed by atoms with Crippen LogP contribution >= 0.6 is 0 Å². The van der Waals surface area contributed by atoms with Crippen molar-refractivity contribution in [2.75, 3.05) is 4.90 Å². The minimum atomic E-state index is -4.85. The molecule has 0 radical (unpaired) electrons. The standard InChI is InChI=1S/C28H18F3NO5/c1-14-10-12-15(13-11-14)22-20-21(27(37-22)23(33)16-6-2-3-7-17(16)24(27)34)26(36)32(25(20)35)19-9-5-4-8-18(19)28(29,30)31/h2-13,20-22H,1H3/t20-,21+,22+/m0/s1. The Morgan fingerprint density at radius 3 is 1.95 bits per heavy atom. The van der Waals surface area contributed by atoms with Crippen LogP contribution in [0.15, 0.2) is 72.8 Å². The van der Waals surface area contributed by atoms with E-state index in [0.29, 0.717) is 10.5 Å². The molecule has 0 bridgehead atoms. The molecule has 0 unspecified atom stereocenters. The average Bonchev–Trinajstić information content (AvgIpc) is 3.44. The topological polar surface area (TPSA) is 80.8 Å². The van der Waals surface area contributed by atoms with Gasteiger partial charge in [-0.25, -0.2) is 4.90 Å². The first-order valence-electron chi connectivity index (χ1n) is 11.5. The Labute approximate surface area is 208 Å². The van der Waals surface area contributed by atoms with Gasteiger partial charge in [0, 0.05) is 11.1 Å². The Hall–Kier alpha value is -4.11. The molecular weight excluding hydrogens is 487 g/mol. The average molecular weight is 505 g/mol. The van der Waals surface area contributed by atoms with E-state index in [1.54, 1.807) is 36.4 Å². The molecule has 186 valence electrons. The van der Waals surface area contributed by atoms with Crippen molar-refractivity contribution in [2.24, 2.45) is 11.8 Å². The summed E-state index contributed by atoms with van der Waals surface area (Å²) in [6.07, 6.45) is -6.05. The number of carbonyl (C=O) groups excluding carboxylic acids is 4. The van der Waals surface area contributed by atoms with E-state index >= 15 is 0 Å². The molecule has 2 heterocycles. The predicted molar refractivity (Wildman–Crippen MR) is 124 cm³/mol. The first kappa shape index (κ1) is 23.3. The highest BCUT2D eigenvalue weighted by molar-refractivity contribution is 6.37. The summed E-state index contributed by atoms with van der Waals surface area (Å²) >= 11 is 0. The molecule has 2 saturated heterocycles. The van der Waals surface area contributed by atoms with Gasteiger partial charge >= 0.3 is 6.18 Å². The van der Waals surface area contributed by atoms with Crippen LogP contribution in [-0.4, -0.2) is 29.0 Å². The number of benzene rings is 3. The van der Waals surface area contributed by atoms with Crippen LogP contribution in [0.1, 0.15) is 43.5 Å². The van der Waals surface area contributed by atoms with Crippen LogP contribution in [0.4, 0.5) is 18.9 Å². The lowest BCUT2D eigenvalue weighted by molar-refractivity contribution is -0.137. The van der Waals surface area contributed by atoms with Gasteiger partial charge in [-0.1, -0.05) is 66.2 Å². The molecule has 6 nitrogen and oxygen atoms in total. The number of ketones is 2. The van der Waals surface area contributed by atoms with Crippen molar-refractivity contribution in [1.82, 2.24) is 0 Å². The summed E-state index contributed by atoms with van der Waals surface area (Å²) in [5, 5.41) is 0. The van der Waals surface area contributed by atoms with E-state index in [0.717, 1.165) is 23.8 Å². The number of carbonyl (C=O) groups is 4. The second-order valence-electron chi connectivity index (χ2n) is 9.42. The first-order valence-corrected chi connectivity index (χ1v) is 11.5. The number of nitrogens with zero attached hydrogens (tertiary/aromatic N) is 1. The number of para-hydroxylation sites is 1. The number of aryl methyl sites for hydroxylation is 1. The van der Waals surface area contributed by atoms with E-state index in [1.165, 1.54) is 18.2 Å². The normalized spacial score (nSPS) is 24.2. The van der Waals surface area contributed by atoms with Gasteiger partial charge in [-0.05, 0) is 24.6 Å². The van der Waals surface area contributed by atoms with Crippen molar-refractivity contribution in [3.8, 4) is 0 Å². The number of amides is 2. The highest BCUT2D eigenvalue weighted by Gasteiger charge is 2.75. The Morgan fingerprint density at radius 2 is 1.35 bits per heavy atom. The number of imide groups is 1. The third-order valence-corrected chi connectivity index (χ3v) is 7.38. The number of ether oxygens (including phenoxy) is 1. The van der Waals surface area contributed by atoms with Gasteiger partial charge in [0.1, 0.15) is 0 Å². The second-order valence-corrected chi connectivity index (χ2v) is 9.42. The maximum absolute atomic E-state index is 13.9. The van der Waals surface area contributed by atoms with Gasteiger partial charge in [-0.15, -0.1) is 0 Å². The van der Waals surface area contributed by atoms with Crippen LogP contribution in [0, 0.1) is 18.8 Å². The number of anilines is 1. The first-order chi connectivity index (χ1) is 17.6. The fraction of sp³-hybridized carbons (Fsp3) is 0.214. The van der Waals surface area contributed by atoms with E-state index in [9.17, 15) is 32.3 Å². The molecule has 3 aromatic rings. The SMILES string of the molecule is Cc1ccc([C@H]2OC3(C(=O)c4ccccc4C3=O)[C@H]3C(=O)N(c4ccccc4C(F)(F)F)C(=O)[C@H]23)cc1. The van der Waals surface area contributed by atoms with E-state index in [1.807, 2.05) is 6.92 Å². The van der Waals surface area contributed by atoms with Crippen molar-refractivity contribution >= 4 is 29.1 Å². The molecule has 0 N–H and O–H groups in total. The zero-order valence-corrected chi connectivity index (χ0v) is 19.3. The van der Waals surface area contributed by atoms with Crippen LogP contribution in [0.25, 0.3) is 0 Å². The maximum Gasteiger partial charge on any atom is 0.418 e. The van der Waals surface area contributed by atoms with Gasteiger partial charge in [-0.3, -0.25) is 19.2 Å². The molecule has 2 fully saturated rings. The van der Waals surface area contributed by atoms with Gasteiger partial charge in [0.15, 0.2) is 0 Å². The van der Waals surface area contributed by atoms with Crippen molar-refractivity contribution in [3.05, 3.63) is 101 Å². The van der Waals surface area contributed by atoms with E-state index in [-0.39, 0.29) is 11.1 Å². The van der Waals surface area contributed by atoms with Gasteiger partial charge in [0.2, 0.25) is 29.0 Å². The predicted octanol–water partition coefficient (Wildman–Crippen LogP) is 4.71. The van der Waals surface area contributed by atoms with Crippen LogP contribution in [0.2, 0.25) is 0 Å². The van der Waals surface area contributed by atoms with E-state index in [2.05, 4.69) is 0 Å². The molecule has 6 rings (SSSR count). The molecule has 3 aliphatic rings. The van der Waals surface area contributed by atoms with Gasteiger partial charge in [0.05, 0.1) is 29.2 Å². The summed E-state index contributed by atoms with van der Waals surface area (Å²) in [6, 6.07) is 17.0. The molecule has 37 heavy (non-hydrogen) atoms. The fourth-order valence-electron chi connectivity index (χ4n) is 5.72. The molecule has 1 aliphatic carbocycles. The number of fused-ring (bicyclic) bond motifs is 3. The number of hydrogen-bond donors (Lipinski definition) is 0. The number of rotatable bonds is 2. The van der Waals surface area contributed by atoms with Crippen molar-refractivity contribution in [1.29, 1.82) is 0 Å². The van der Waals surface area contributed by atoms with E-state index in [4.69, 9.17) is 4.74 Å². The third-order valence-electron chi connectivity index (χ3n) is 7.38. The molecule has 9 heteroatoms. The molecule has 0 saturated carbocycles. The lowest BCUT2D eigenvalue weighted by Gasteiger charge is -2.28. The molecular formula is C28H18F3NO5. The van der Waals surface area contributed by atoms with Crippen LogP contribution in [0.3, 0.4) is 0 Å². The molecule has 2 amide bonds. The molecule has 3 aromatic carbocycles. The molecule has 2 aliphatic heterocycles. The lowest BCUT2D eigenvalue weighted by atomic mass is 9.77. The second kappa shape index (κ2) is 7.69. The quantitative estimate of drug-likeness (QED) is 0.372. The molecule has 0 aromatic heterocycles.